The highest BCUT2D eigenvalue weighted by Gasteiger charge is 2.33. The summed E-state index contributed by atoms with van der Waals surface area (Å²) < 4.78 is 25.4. The fraction of sp³-hybridized carbons (Fsp3) is 0.115. The number of aryl methyl sites for hydroxylation is 1. The Morgan fingerprint density at radius 1 is 1.09 bits per heavy atom. The summed E-state index contributed by atoms with van der Waals surface area (Å²) in [5, 5.41) is 0. The zero-order chi connectivity index (χ0) is 24.2. The third kappa shape index (κ3) is 5.03. The van der Waals surface area contributed by atoms with Crippen LogP contribution in [0.4, 0.5) is 10.1 Å². The van der Waals surface area contributed by atoms with Gasteiger partial charge in [0, 0.05) is 0 Å². The maximum Gasteiger partial charge on any atom is 0.346 e. The summed E-state index contributed by atoms with van der Waals surface area (Å²) in [6, 6.07) is 18.0. The summed E-state index contributed by atoms with van der Waals surface area (Å²) in [5.74, 6) is -1.26. The zero-order valence-electron chi connectivity index (χ0n) is 18.4. The van der Waals surface area contributed by atoms with Crippen molar-refractivity contribution < 1.29 is 23.5 Å². The lowest BCUT2D eigenvalue weighted by Crippen LogP contribution is -2.27. The molecule has 1 aliphatic rings. The van der Waals surface area contributed by atoms with Gasteiger partial charge in [-0.05, 0) is 61.9 Å². The van der Waals surface area contributed by atoms with Crippen molar-refractivity contribution in [3.05, 3.63) is 94.1 Å². The van der Waals surface area contributed by atoms with Crippen molar-refractivity contribution in [1.82, 2.24) is 0 Å². The molecule has 5 nitrogen and oxygen atoms in total. The van der Waals surface area contributed by atoms with Gasteiger partial charge in [0.25, 0.3) is 5.91 Å². The molecule has 0 radical (unpaired) electrons. The number of rotatable bonds is 6. The van der Waals surface area contributed by atoms with Crippen molar-refractivity contribution in [2.45, 2.75) is 13.8 Å². The maximum absolute atomic E-state index is 13.9. The van der Waals surface area contributed by atoms with Crippen LogP contribution in [0.5, 0.6) is 11.5 Å². The van der Waals surface area contributed by atoms with Gasteiger partial charge in [-0.2, -0.15) is 0 Å². The SMILES string of the molecule is CCOc1cc(C=C2SC(=S)N(c3ccc(C)cc3)C2=O)ccc1OC(=O)c1ccccc1F. The Balaban J connectivity index is 1.59. The second kappa shape index (κ2) is 10.2. The Morgan fingerprint density at radius 2 is 1.82 bits per heavy atom. The Hall–Kier alpha value is -3.49. The van der Waals surface area contributed by atoms with Gasteiger partial charge in [-0.3, -0.25) is 9.69 Å². The van der Waals surface area contributed by atoms with Gasteiger partial charge in [-0.15, -0.1) is 0 Å². The number of halogens is 1. The first-order valence-corrected chi connectivity index (χ1v) is 11.7. The monoisotopic (exact) mass is 493 g/mol. The van der Waals surface area contributed by atoms with Crippen LogP contribution in [-0.4, -0.2) is 22.8 Å². The topological polar surface area (TPSA) is 55.8 Å². The van der Waals surface area contributed by atoms with E-state index in [-0.39, 0.29) is 17.2 Å². The molecule has 1 fully saturated rings. The molecular weight excluding hydrogens is 473 g/mol. The van der Waals surface area contributed by atoms with Gasteiger partial charge in [0.2, 0.25) is 0 Å². The molecule has 0 aliphatic carbocycles. The van der Waals surface area contributed by atoms with Crippen LogP contribution in [0.15, 0.2) is 71.6 Å². The molecule has 0 saturated carbocycles. The van der Waals surface area contributed by atoms with E-state index in [1.807, 2.05) is 31.2 Å². The number of carbonyl (C=O) groups is 2. The third-order valence-corrected chi connectivity index (χ3v) is 6.25. The molecule has 3 aromatic carbocycles. The molecular formula is C26H20FNO4S2. The predicted octanol–water partition coefficient (Wildman–Crippen LogP) is 6.16. The first kappa shape index (κ1) is 23.7. The van der Waals surface area contributed by atoms with Gasteiger partial charge in [-0.1, -0.05) is 59.9 Å². The molecule has 0 spiro atoms. The minimum Gasteiger partial charge on any atom is -0.490 e. The predicted molar refractivity (Wildman–Crippen MR) is 136 cm³/mol. The Morgan fingerprint density at radius 3 is 2.53 bits per heavy atom. The van der Waals surface area contributed by atoms with Gasteiger partial charge in [-0.25, -0.2) is 9.18 Å². The molecule has 1 heterocycles. The molecule has 0 atom stereocenters. The van der Waals surface area contributed by atoms with Crippen molar-refractivity contribution in [2.75, 3.05) is 11.5 Å². The molecule has 3 aromatic rings. The molecule has 1 aliphatic heterocycles. The van der Waals surface area contributed by atoms with Crippen molar-refractivity contribution in [3.8, 4) is 11.5 Å². The van der Waals surface area contributed by atoms with Crippen LogP contribution in [0.25, 0.3) is 6.08 Å². The van der Waals surface area contributed by atoms with E-state index in [9.17, 15) is 14.0 Å². The van der Waals surface area contributed by atoms with Gasteiger partial charge in [0.05, 0.1) is 22.8 Å². The molecule has 0 unspecified atom stereocenters. The van der Waals surface area contributed by atoms with Crippen LogP contribution >= 0.6 is 24.0 Å². The first-order chi connectivity index (χ1) is 16.4. The summed E-state index contributed by atoms with van der Waals surface area (Å²) in [4.78, 5) is 27.4. The highest BCUT2D eigenvalue weighted by molar-refractivity contribution is 8.27. The summed E-state index contributed by atoms with van der Waals surface area (Å²) in [6.07, 6.45) is 1.71. The number of hydrogen-bond acceptors (Lipinski definition) is 6. The van der Waals surface area contributed by atoms with E-state index in [4.69, 9.17) is 21.7 Å². The van der Waals surface area contributed by atoms with Crippen LogP contribution in [0, 0.1) is 12.7 Å². The smallest absolute Gasteiger partial charge is 0.346 e. The Labute approximate surface area is 206 Å². The van der Waals surface area contributed by atoms with Gasteiger partial charge in [0.1, 0.15) is 5.82 Å². The number of carbonyl (C=O) groups excluding carboxylic acids is 2. The van der Waals surface area contributed by atoms with Gasteiger partial charge >= 0.3 is 5.97 Å². The van der Waals surface area contributed by atoms with E-state index in [0.717, 1.165) is 5.56 Å². The summed E-state index contributed by atoms with van der Waals surface area (Å²) in [5.41, 5.74) is 2.29. The minimum atomic E-state index is -0.828. The first-order valence-electron chi connectivity index (χ1n) is 10.5. The molecule has 34 heavy (non-hydrogen) atoms. The number of thiocarbonyl (C=S) groups is 1. The fourth-order valence-corrected chi connectivity index (χ4v) is 4.58. The van der Waals surface area contributed by atoms with Crippen molar-refractivity contribution in [2.24, 2.45) is 0 Å². The van der Waals surface area contributed by atoms with Gasteiger partial charge in [0.15, 0.2) is 15.8 Å². The minimum absolute atomic E-state index is 0.152. The normalized spacial score (nSPS) is 14.6. The summed E-state index contributed by atoms with van der Waals surface area (Å²) in [6.45, 7) is 4.09. The van der Waals surface area contributed by atoms with E-state index in [0.29, 0.717) is 32.8 Å². The second-order valence-electron chi connectivity index (χ2n) is 7.36. The van der Waals surface area contributed by atoms with Crippen LogP contribution in [0.3, 0.4) is 0 Å². The number of nitrogens with zero attached hydrogens (tertiary/aromatic N) is 1. The molecule has 0 N–H and O–H groups in total. The number of anilines is 1. The van der Waals surface area contributed by atoms with E-state index in [2.05, 4.69) is 0 Å². The summed E-state index contributed by atoms with van der Waals surface area (Å²) in [7, 11) is 0. The lowest BCUT2D eigenvalue weighted by Gasteiger charge is -2.14. The molecule has 0 bridgehead atoms. The average molecular weight is 494 g/mol. The lowest BCUT2D eigenvalue weighted by molar-refractivity contribution is -0.113. The zero-order valence-corrected chi connectivity index (χ0v) is 20.0. The number of ether oxygens (including phenoxy) is 2. The standard InChI is InChI=1S/C26H20FNO4S2/c1-3-31-22-14-17(10-13-21(22)32-25(30)19-6-4-5-7-20(19)27)15-23-24(29)28(26(33)34-23)18-11-8-16(2)9-12-18/h4-15H,3H2,1-2H3. The summed E-state index contributed by atoms with van der Waals surface area (Å²) >= 11 is 6.64. The van der Waals surface area contributed by atoms with E-state index in [1.54, 1.807) is 37.3 Å². The van der Waals surface area contributed by atoms with E-state index < -0.39 is 11.8 Å². The Kier molecular flexibility index (Phi) is 7.09. The number of benzene rings is 3. The van der Waals surface area contributed by atoms with Crippen molar-refractivity contribution in [1.29, 1.82) is 0 Å². The van der Waals surface area contributed by atoms with Crippen molar-refractivity contribution in [3.63, 3.8) is 0 Å². The third-order valence-electron chi connectivity index (χ3n) is 4.95. The van der Waals surface area contributed by atoms with Gasteiger partial charge < -0.3 is 9.47 Å². The van der Waals surface area contributed by atoms with Crippen LogP contribution in [0.1, 0.15) is 28.4 Å². The van der Waals surface area contributed by atoms with Crippen molar-refractivity contribution >= 4 is 51.9 Å². The molecule has 4 rings (SSSR count). The van der Waals surface area contributed by atoms with E-state index >= 15 is 0 Å². The molecule has 1 amide bonds. The molecule has 0 aromatic heterocycles. The van der Waals surface area contributed by atoms with Crippen LogP contribution in [-0.2, 0) is 4.79 Å². The number of amides is 1. The number of thioether (sulfide) groups is 1. The molecule has 8 heteroatoms. The largest absolute Gasteiger partial charge is 0.490 e. The maximum atomic E-state index is 13.9. The Bertz CT molecular complexity index is 1300. The number of esters is 1. The molecule has 172 valence electrons. The molecule has 1 saturated heterocycles. The quantitative estimate of drug-likeness (QED) is 0.177. The van der Waals surface area contributed by atoms with E-state index in [1.165, 1.54) is 34.9 Å². The highest BCUT2D eigenvalue weighted by atomic mass is 32.2. The fourth-order valence-electron chi connectivity index (χ4n) is 3.28. The van der Waals surface area contributed by atoms with Crippen LogP contribution < -0.4 is 14.4 Å². The highest BCUT2D eigenvalue weighted by Crippen LogP contribution is 2.37. The average Bonchev–Trinajstić information content (AvgIpc) is 3.09. The number of hydrogen-bond donors (Lipinski definition) is 0. The van der Waals surface area contributed by atoms with Crippen LogP contribution in [0.2, 0.25) is 0 Å². The second-order valence-corrected chi connectivity index (χ2v) is 9.04. The lowest BCUT2D eigenvalue weighted by atomic mass is 10.1.